The van der Waals surface area contributed by atoms with Gasteiger partial charge < -0.3 is 10.1 Å². The molecule has 1 atom stereocenters. The van der Waals surface area contributed by atoms with Gasteiger partial charge in [0, 0.05) is 0 Å². The number of carbonyl (C=O) groups excluding carboxylic acids is 1. The van der Waals surface area contributed by atoms with Gasteiger partial charge in [0.15, 0.2) is 0 Å². The third-order valence-corrected chi connectivity index (χ3v) is 7.47. The molecule has 3 aromatic carbocycles. The molecule has 0 fully saturated rings. The number of ether oxygens (including phenoxy) is 1. The van der Waals surface area contributed by atoms with Crippen LogP contribution in [0.25, 0.3) is 0 Å². The maximum Gasteiger partial charge on any atom is 0.264 e. The number of carbonyl (C=O) groups is 1. The fourth-order valence-electron chi connectivity index (χ4n) is 4.04. The molecule has 3 rings (SSSR count). The molecule has 1 amide bonds. The van der Waals surface area contributed by atoms with E-state index in [1.807, 2.05) is 52.0 Å². The highest BCUT2D eigenvalue weighted by atomic mass is 32.2. The topological polar surface area (TPSA) is 75.7 Å². The van der Waals surface area contributed by atoms with Crippen molar-refractivity contribution in [1.82, 2.24) is 5.32 Å². The summed E-state index contributed by atoms with van der Waals surface area (Å²) >= 11 is 0. The molecule has 3 aromatic rings. The molecule has 0 bridgehead atoms. The molecule has 0 heterocycles. The van der Waals surface area contributed by atoms with Crippen LogP contribution in [0.4, 0.5) is 5.69 Å². The number of rotatable bonds is 9. The van der Waals surface area contributed by atoms with Gasteiger partial charge in [-0.25, -0.2) is 8.42 Å². The lowest BCUT2D eigenvalue weighted by atomic mass is 10.0. The highest BCUT2D eigenvalue weighted by Gasteiger charge is 2.28. The zero-order chi connectivity index (χ0) is 24.9. The number of amides is 1. The van der Waals surface area contributed by atoms with Gasteiger partial charge in [-0.05, 0) is 79.8 Å². The van der Waals surface area contributed by atoms with Crippen LogP contribution in [-0.2, 0) is 14.8 Å². The first kappa shape index (κ1) is 25.3. The number of aryl methyl sites for hydroxylation is 3. The third kappa shape index (κ3) is 5.78. The van der Waals surface area contributed by atoms with E-state index in [4.69, 9.17) is 4.74 Å². The molecule has 0 aliphatic carbocycles. The lowest BCUT2D eigenvalue weighted by molar-refractivity contribution is -0.120. The van der Waals surface area contributed by atoms with Gasteiger partial charge in [0.2, 0.25) is 5.91 Å². The van der Waals surface area contributed by atoms with Crippen molar-refractivity contribution < 1.29 is 17.9 Å². The van der Waals surface area contributed by atoms with Gasteiger partial charge in [-0.2, -0.15) is 0 Å². The summed E-state index contributed by atoms with van der Waals surface area (Å²) in [5.41, 5.74) is 4.21. The highest BCUT2D eigenvalue weighted by Crippen LogP contribution is 2.27. The van der Waals surface area contributed by atoms with Gasteiger partial charge in [0.1, 0.15) is 12.3 Å². The minimum Gasteiger partial charge on any atom is -0.496 e. The maximum atomic E-state index is 13.6. The van der Waals surface area contributed by atoms with E-state index in [0.717, 1.165) is 28.0 Å². The Kier molecular flexibility index (Phi) is 7.99. The monoisotopic (exact) mass is 480 g/mol. The van der Waals surface area contributed by atoms with Gasteiger partial charge in [-0.3, -0.25) is 9.10 Å². The van der Waals surface area contributed by atoms with E-state index < -0.39 is 10.0 Å². The van der Waals surface area contributed by atoms with Crippen LogP contribution in [0.3, 0.4) is 0 Å². The standard InChI is InChI=1S/C27H32N2O4S/c1-6-25(22-12-13-26(33-5)21(4)17-22)28-27(30)18-29(23-15-19(2)14-20(3)16-23)34(31,32)24-10-8-7-9-11-24/h7-17,25H,6,18H2,1-5H3,(H,28,30). The summed E-state index contributed by atoms with van der Waals surface area (Å²) in [6.07, 6.45) is 0.659. The first-order chi connectivity index (χ1) is 16.1. The first-order valence-electron chi connectivity index (χ1n) is 11.3. The SMILES string of the molecule is CCC(NC(=O)CN(c1cc(C)cc(C)c1)S(=O)(=O)c1ccccc1)c1ccc(OC)c(C)c1. The smallest absolute Gasteiger partial charge is 0.264 e. The molecule has 0 saturated carbocycles. The van der Waals surface area contributed by atoms with Crippen molar-refractivity contribution in [3.8, 4) is 5.75 Å². The number of anilines is 1. The Morgan fingerprint density at radius 2 is 1.62 bits per heavy atom. The second-order valence-electron chi connectivity index (χ2n) is 8.43. The number of nitrogens with zero attached hydrogens (tertiary/aromatic N) is 1. The molecule has 0 aliphatic heterocycles. The lowest BCUT2D eigenvalue weighted by Crippen LogP contribution is -2.42. The van der Waals surface area contributed by atoms with E-state index in [9.17, 15) is 13.2 Å². The molecular formula is C27H32N2O4S. The van der Waals surface area contributed by atoms with Crippen LogP contribution in [0.15, 0.2) is 71.6 Å². The molecule has 0 aliphatic rings. The summed E-state index contributed by atoms with van der Waals surface area (Å²) < 4.78 is 33.6. The fraction of sp³-hybridized carbons (Fsp3) is 0.296. The quantitative estimate of drug-likeness (QED) is 0.463. The zero-order valence-corrected chi connectivity index (χ0v) is 21.1. The van der Waals surface area contributed by atoms with Gasteiger partial charge in [0.05, 0.1) is 23.7 Å². The van der Waals surface area contributed by atoms with E-state index in [1.165, 1.54) is 16.4 Å². The Labute approximate surface area is 202 Å². The average molecular weight is 481 g/mol. The lowest BCUT2D eigenvalue weighted by Gasteiger charge is -2.26. The number of hydrogen-bond acceptors (Lipinski definition) is 4. The van der Waals surface area contributed by atoms with Crippen molar-refractivity contribution in [3.63, 3.8) is 0 Å². The largest absolute Gasteiger partial charge is 0.496 e. The Bertz CT molecular complexity index is 1240. The molecule has 0 radical (unpaired) electrons. The Morgan fingerprint density at radius 3 is 2.18 bits per heavy atom. The second kappa shape index (κ2) is 10.7. The third-order valence-electron chi connectivity index (χ3n) is 5.68. The molecule has 34 heavy (non-hydrogen) atoms. The maximum absolute atomic E-state index is 13.6. The van der Waals surface area contributed by atoms with Crippen molar-refractivity contribution in [2.45, 2.75) is 45.1 Å². The van der Waals surface area contributed by atoms with Crippen molar-refractivity contribution in [3.05, 3.63) is 89.0 Å². The molecule has 0 aromatic heterocycles. The van der Waals surface area contributed by atoms with Crippen LogP contribution in [0.2, 0.25) is 0 Å². The number of benzene rings is 3. The van der Waals surface area contributed by atoms with Crippen molar-refractivity contribution in [2.24, 2.45) is 0 Å². The molecule has 0 spiro atoms. The van der Waals surface area contributed by atoms with E-state index in [1.54, 1.807) is 37.4 Å². The normalized spacial score (nSPS) is 12.1. The zero-order valence-electron chi connectivity index (χ0n) is 20.3. The molecule has 7 heteroatoms. The summed E-state index contributed by atoms with van der Waals surface area (Å²) in [7, 11) is -2.33. The van der Waals surface area contributed by atoms with E-state index in [0.29, 0.717) is 12.1 Å². The summed E-state index contributed by atoms with van der Waals surface area (Å²) in [6, 6.07) is 19.2. The van der Waals surface area contributed by atoms with Crippen LogP contribution >= 0.6 is 0 Å². The molecule has 6 nitrogen and oxygen atoms in total. The van der Waals surface area contributed by atoms with Crippen LogP contribution < -0.4 is 14.4 Å². The fourth-order valence-corrected chi connectivity index (χ4v) is 5.46. The predicted octanol–water partition coefficient (Wildman–Crippen LogP) is 5.08. The Balaban J connectivity index is 1.92. The summed E-state index contributed by atoms with van der Waals surface area (Å²) in [5, 5.41) is 3.01. The number of hydrogen-bond donors (Lipinski definition) is 1. The molecule has 1 unspecified atom stereocenters. The van der Waals surface area contributed by atoms with Gasteiger partial charge in [0.25, 0.3) is 10.0 Å². The number of nitrogens with one attached hydrogen (secondary N) is 1. The first-order valence-corrected chi connectivity index (χ1v) is 12.7. The second-order valence-corrected chi connectivity index (χ2v) is 10.3. The van der Waals surface area contributed by atoms with Crippen molar-refractivity contribution in [1.29, 1.82) is 0 Å². The number of methoxy groups -OCH3 is 1. The Hall–Kier alpha value is -3.32. The average Bonchev–Trinajstić information content (AvgIpc) is 2.80. The minimum atomic E-state index is -3.95. The van der Waals surface area contributed by atoms with E-state index in [-0.39, 0.29) is 23.4 Å². The van der Waals surface area contributed by atoms with Gasteiger partial charge in [-0.1, -0.05) is 43.3 Å². The molecule has 0 saturated heterocycles. The van der Waals surface area contributed by atoms with E-state index in [2.05, 4.69) is 5.32 Å². The highest BCUT2D eigenvalue weighted by molar-refractivity contribution is 7.92. The molecule has 1 N–H and O–H groups in total. The van der Waals surface area contributed by atoms with Crippen LogP contribution in [0.1, 0.15) is 41.6 Å². The molecular weight excluding hydrogens is 448 g/mol. The molecule has 180 valence electrons. The van der Waals surface area contributed by atoms with Crippen LogP contribution in [0.5, 0.6) is 5.75 Å². The van der Waals surface area contributed by atoms with Gasteiger partial charge >= 0.3 is 0 Å². The Morgan fingerprint density at radius 1 is 0.971 bits per heavy atom. The van der Waals surface area contributed by atoms with Crippen LogP contribution in [-0.4, -0.2) is 28.0 Å². The van der Waals surface area contributed by atoms with Crippen LogP contribution in [0, 0.1) is 20.8 Å². The number of sulfonamides is 1. The summed E-state index contributed by atoms with van der Waals surface area (Å²) in [4.78, 5) is 13.3. The van der Waals surface area contributed by atoms with E-state index >= 15 is 0 Å². The summed E-state index contributed by atoms with van der Waals surface area (Å²) in [5.74, 6) is 0.402. The predicted molar refractivity (Wildman–Crippen MR) is 136 cm³/mol. The summed E-state index contributed by atoms with van der Waals surface area (Å²) in [6.45, 7) is 7.41. The van der Waals surface area contributed by atoms with Crippen molar-refractivity contribution in [2.75, 3.05) is 18.0 Å². The minimum absolute atomic E-state index is 0.139. The van der Waals surface area contributed by atoms with Crippen molar-refractivity contribution >= 4 is 21.6 Å². The van der Waals surface area contributed by atoms with Gasteiger partial charge in [-0.15, -0.1) is 0 Å².